The summed E-state index contributed by atoms with van der Waals surface area (Å²) in [5, 5.41) is 0. The molecule has 1 fully saturated rings. The van der Waals surface area contributed by atoms with Crippen molar-refractivity contribution in [2.45, 2.75) is 45.8 Å². The lowest BCUT2D eigenvalue weighted by Gasteiger charge is -2.35. The Hall–Kier alpha value is -1.68. The van der Waals surface area contributed by atoms with E-state index in [0.29, 0.717) is 18.7 Å². The van der Waals surface area contributed by atoms with E-state index >= 15 is 0 Å². The van der Waals surface area contributed by atoms with Gasteiger partial charge in [0.2, 0.25) is 5.91 Å². The Morgan fingerprint density at radius 2 is 1.67 bits per heavy atom. The van der Waals surface area contributed by atoms with Crippen molar-refractivity contribution in [1.29, 1.82) is 0 Å². The van der Waals surface area contributed by atoms with Gasteiger partial charge < -0.3 is 9.64 Å². The van der Waals surface area contributed by atoms with Gasteiger partial charge in [0.25, 0.3) is 0 Å². The fourth-order valence-electron chi connectivity index (χ4n) is 2.64. The predicted molar refractivity (Wildman–Crippen MR) is 81.3 cm³/mol. The number of hydrogen-bond acceptors (Lipinski definition) is 3. The van der Waals surface area contributed by atoms with Gasteiger partial charge in [-0.3, -0.25) is 9.59 Å². The summed E-state index contributed by atoms with van der Waals surface area (Å²) in [4.78, 5) is 26.1. The largest absolute Gasteiger partial charge is 0.372 e. The van der Waals surface area contributed by atoms with Gasteiger partial charge in [-0.2, -0.15) is 0 Å². The van der Waals surface area contributed by atoms with Gasteiger partial charge in [0.05, 0.1) is 12.2 Å². The lowest BCUT2D eigenvalue weighted by atomic mass is 10.0. The highest BCUT2D eigenvalue weighted by Crippen LogP contribution is 2.14. The molecule has 21 heavy (non-hydrogen) atoms. The molecular formula is C17H23NO3. The van der Waals surface area contributed by atoms with E-state index in [1.807, 2.05) is 45.0 Å². The number of benzene rings is 1. The molecule has 114 valence electrons. The number of nitrogens with zero attached hydrogens (tertiary/aromatic N) is 1. The van der Waals surface area contributed by atoms with Crippen molar-refractivity contribution >= 4 is 11.7 Å². The Labute approximate surface area is 126 Å². The van der Waals surface area contributed by atoms with E-state index in [-0.39, 0.29) is 36.7 Å². The molecule has 0 spiro atoms. The molecule has 0 aromatic heterocycles. The zero-order chi connectivity index (χ0) is 15.4. The van der Waals surface area contributed by atoms with Crippen LogP contribution in [0.4, 0.5) is 0 Å². The van der Waals surface area contributed by atoms with Crippen LogP contribution in [0.2, 0.25) is 0 Å². The minimum absolute atomic E-state index is 0.0257. The van der Waals surface area contributed by atoms with E-state index < -0.39 is 0 Å². The Kier molecular flexibility index (Phi) is 5.12. The maximum absolute atomic E-state index is 12.2. The SMILES string of the molecule is Cc1ccc(C(=O)CCC(=O)N2C[C@@H](C)O[C@@H](C)C2)cc1. The van der Waals surface area contributed by atoms with E-state index in [9.17, 15) is 9.59 Å². The summed E-state index contributed by atoms with van der Waals surface area (Å²) in [6.45, 7) is 7.14. The molecule has 1 amide bonds. The van der Waals surface area contributed by atoms with Crippen molar-refractivity contribution in [3.63, 3.8) is 0 Å². The normalized spacial score (nSPS) is 22.1. The molecule has 1 aromatic carbocycles. The summed E-state index contributed by atoms with van der Waals surface area (Å²) >= 11 is 0. The molecular weight excluding hydrogens is 266 g/mol. The van der Waals surface area contributed by atoms with Crippen molar-refractivity contribution in [2.75, 3.05) is 13.1 Å². The number of morpholine rings is 1. The molecule has 0 N–H and O–H groups in total. The molecule has 2 rings (SSSR count). The zero-order valence-corrected chi connectivity index (χ0v) is 13.0. The summed E-state index contributed by atoms with van der Waals surface area (Å²) in [6, 6.07) is 7.48. The minimum atomic E-state index is 0.0257. The second-order valence-corrected chi connectivity index (χ2v) is 5.85. The number of carbonyl (C=O) groups excluding carboxylic acids is 2. The molecule has 4 nitrogen and oxygen atoms in total. The highest BCUT2D eigenvalue weighted by molar-refractivity contribution is 5.97. The number of Topliss-reactive ketones (excluding diaryl/α,β-unsaturated/α-hetero) is 1. The second-order valence-electron chi connectivity index (χ2n) is 5.85. The van der Waals surface area contributed by atoms with E-state index in [2.05, 4.69) is 0 Å². The highest BCUT2D eigenvalue weighted by atomic mass is 16.5. The standard InChI is InChI=1S/C17H23NO3/c1-12-4-6-15(7-5-12)16(19)8-9-17(20)18-10-13(2)21-14(3)11-18/h4-7,13-14H,8-11H2,1-3H3/t13-,14+. The maximum Gasteiger partial charge on any atom is 0.223 e. The molecule has 4 heteroatoms. The molecule has 1 aliphatic rings. The van der Waals surface area contributed by atoms with Gasteiger partial charge in [-0.1, -0.05) is 29.8 Å². The van der Waals surface area contributed by atoms with Gasteiger partial charge in [-0.15, -0.1) is 0 Å². The molecule has 0 radical (unpaired) electrons. The van der Waals surface area contributed by atoms with Crippen molar-refractivity contribution < 1.29 is 14.3 Å². The molecule has 0 bridgehead atoms. The van der Waals surface area contributed by atoms with Crippen LogP contribution in [-0.2, 0) is 9.53 Å². The number of amides is 1. The van der Waals surface area contributed by atoms with Gasteiger partial charge in [0.15, 0.2) is 5.78 Å². The van der Waals surface area contributed by atoms with Crippen molar-refractivity contribution in [1.82, 2.24) is 4.90 Å². The number of aryl methyl sites for hydroxylation is 1. The van der Waals surface area contributed by atoms with Gasteiger partial charge in [-0.25, -0.2) is 0 Å². The van der Waals surface area contributed by atoms with E-state index in [4.69, 9.17) is 4.74 Å². The van der Waals surface area contributed by atoms with E-state index in [1.54, 1.807) is 4.90 Å². The molecule has 2 atom stereocenters. The lowest BCUT2D eigenvalue weighted by Crippen LogP contribution is -2.48. The monoisotopic (exact) mass is 289 g/mol. The Morgan fingerprint density at radius 3 is 2.24 bits per heavy atom. The van der Waals surface area contributed by atoms with Crippen LogP contribution >= 0.6 is 0 Å². The fraction of sp³-hybridized carbons (Fsp3) is 0.529. The molecule has 1 aliphatic heterocycles. The van der Waals surface area contributed by atoms with Gasteiger partial charge in [0, 0.05) is 31.5 Å². The number of rotatable bonds is 4. The number of hydrogen-bond donors (Lipinski definition) is 0. The van der Waals surface area contributed by atoms with E-state index in [1.165, 1.54) is 0 Å². The van der Waals surface area contributed by atoms with Crippen LogP contribution in [0.1, 0.15) is 42.6 Å². The smallest absolute Gasteiger partial charge is 0.223 e. The second kappa shape index (κ2) is 6.85. The molecule has 1 heterocycles. The van der Waals surface area contributed by atoms with Crippen LogP contribution in [-0.4, -0.2) is 41.9 Å². The first-order valence-corrected chi connectivity index (χ1v) is 7.49. The van der Waals surface area contributed by atoms with Crippen LogP contribution in [0.15, 0.2) is 24.3 Å². The van der Waals surface area contributed by atoms with Crippen molar-refractivity contribution in [3.05, 3.63) is 35.4 Å². The molecule has 0 unspecified atom stereocenters. The quantitative estimate of drug-likeness (QED) is 0.800. The van der Waals surface area contributed by atoms with Crippen LogP contribution < -0.4 is 0 Å². The predicted octanol–water partition coefficient (Wildman–Crippen LogP) is 2.59. The molecule has 0 saturated carbocycles. The summed E-state index contributed by atoms with van der Waals surface area (Å²) in [5.41, 5.74) is 1.80. The van der Waals surface area contributed by atoms with Crippen LogP contribution in [0.3, 0.4) is 0 Å². The average Bonchev–Trinajstić information content (AvgIpc) is 2.44. The van der Waals surface area contributed by atoms with Gasteiger partial charge >= 0.3 is 0 Å². The lowest BCUT2D eigenvalue weighted by molar-refractivity contribution is -0.143. The third-order valence-corrected chi connectivity index (χ3v) is 3.71. The van der Waals surface area contributed by atoms with Crippen LogP contribution in [0.5, 0.6) is 0 Å². The first kappa shape index (κ1) is 15.7. The summed E-state index contributed by atoms with van der Waals surface area (Å²) in [7, 11) is 0. The van der Waals surface area contributed by atoms with Crippen molar-refractivity contribution in [2.24, 2.45) is 0 Å². The minimum Gasteiger partial charge on any atom is -0.372 e. The maximum atomic E-state index is 12.2. The number of carbonyl (C=O) groups is 2. The first-order valence-electron chi connectivity index (χ1n) is 7.49. The highest BCUT2D eigenvalue weighted by Gasteiger charge is 2.25. The topological polar surface area (TPSA) is 46.6 Å². The fourth-order valence-corrected chi connectivity index (χ4v) is 2.64. The third-order valence-electron chi connectivity index (χ3n) is 3.71. The molecule has 0 aliphatic carbocycles. The molecule has 1 aromatic rings. The van der Waals surface area contributed by atoms with Crippen LogP contribution in [0, 0.1) is 6.92 Å². The summed E-state index contributed by atoms with van der Waals surface area (Å²) < 4.78 is 5.61. The van der Waals surface area contributed by atoms with Gasteiger partial charge in [0.1, 0.15) is 0 Å². The molecule has 1 saturated heterocycles. The Bertz CT molecular complexity index is 499. The average molecular weight is 289 g/mol. The summed E-state index contributed by atoms with van der Waals surface area (Å²) in [5.74, 6) is 0.0650. The van der Waals surface area contributed by atoms with Crippen LogP contribution in [0.25, 0.3) is 0 Å². The van der Waals surface area contributed by atoms with E-state index in [0.717, 1.165) is 5.56 Å². The third kappa shape index (κ3) is 4.39. The van der Waals surface area contributed by atoms with Gasteiger partial charge in [-0.05, 0) is 20.8 Å². The number of ketones is 1. The van der Waals surface area contributed by atoms with Crippen molar-refractivity contribution in [3.8, 4) is 0 Å². The Balaban J connectivity index is 1.86. The number of ether oxygens (including phenoxy) is 1. The first-order chi connectivity index (χ1) is 9.95. The zero-order valence-electron chi connectivity index (χ0n) is 13.0. The Morgan fingerprint density at radius 1 is 1.10 bits per heavy atom. The summed E-state index contributed by atoms with van der Waals surface area (Å²) in [6.07, 6.45) is 0.657.